The third-order valence-corrected chi connectivity index (χ3v) is 3.79. The smallest absolute Gasteiger partial charge is 0.129 e. The van der Waals surface area contributed by atoms with E-state index in [2.05, 4.69) is 10.3 Å². The minimum Gasteiger partial charge on any atom is -0.308 e. The predicted molar refractivity (Wildman–Crippen MR) is 85.5 cm³/mol. The predicted octanol–water partition coefficient (Wildman–Crippen LogP) is 3.95. The van der Waals surface area contributed by atoms with Gasteiger partial charge in [0.1, 0.15) is 5.82 Å². The molecule has 3 aromatic rings. The number of halogens is 2. The van der Waals surface area contributed by atoms with Crippen LogP contribution in [0.5, 0.6) is 0 Å². The second kappa shape index (κ2) is 6.73. The average Bonchev–Trinajstić information content (AvgIpc) is 3.05. The highest BCUT2D eigenvalue weighted by Gasteiger charge is 2.06. The van der Waals surface area contributed by atoms with Gasteiger partial charge in [0.2, 0.25) is 0 Å². The van der Waals surface area contributed by atoms with Crippen LogP contribution in [0, 0.1) is 5.82 Å². The van der Waals surface area contributed by atoms with E-state index in [9.17, 15) is 4.39 Å². The van der Waals surface area contributed by atoms with Gasteiger partial charge >= 0.3 is 0 Å². The standard InChI is InChI=1S/C17H15ClFN3/c18-16-2-1-3-17(19)15(16)11-21-10-13-4-6-14(7-5-13)22-9-8-20-12-22/h1-9,12,21H,10-11H2. The van der Waals surface area contributed by atoms with Gasteiger partial charge in [0.15, 0.2) is 0 Å². The lowest BCUT2D eigenvalue weighted by molar-refractivity contribution is 0.588. The number of hydrogen-bond donors (Lipinski definition) is 1. The lowest BCUT2D eigenvalue weighted by atomic mass is 10.2. The van der Waals surface area contributed by atoms with Gasteiger partial charge in [0, 0.05) is 41.8 Å². The Balaban J connectivity index is 1.60. The largest absolute Gasteiger partial charge is 0.308 e. The van der Waals surface area contributed by atoms with Crippen molar-refractivity contribution in [2.24, 2.45) is 0 Å². The number of nitrogens with zero attached hydrogens (tertiary/aromatic N) is 2. The first-order valence-corrected chi connectivity index (χ1v) is 7.33. The van der Waals surface area contributed by atoms with E-state index in [4.69, 9.17) is 11.6 Å². The minimum absolute atomic E-state index is 0.282. The van der Waals surface area contributed by atoms with Crippen molar-refractivity contribution in [2.75, 3.05) is 0 Å². The molecule has 0 aliphatic heterocycles. The van der Waals surface area contributed by atoms with Crippen LogP contribution in [0.25, 0.3) is 5.69 Å². The molecular weight excluding hydrogens is 301 g/mol. The van der Waals surface area contributed by atoms with E-state index in [0.717, 1.165) is 11.3 Å². The van der Waals surface area contributed by atoms with Crippen molar-refractivity contribution in [3.05, 3.63) is 83.2 Å². The lowest BCUT2D eigenvalue weighted by Gasteiger charge is -2.09. The second-order valence-corrected chi connectivity index (χ2v) is 5.35. The van der Waals surface area contributed by atoms with Gasteiger partial charge in [-0.3, -0.25) is 0 Å². The van der Waals surface area contributed by atoms with E-state index in [-0.39, 0.29) is 5.82 Å². The lowest BCUT2D eigenvalue weighted by Crippen LogP contribution is -2.14. The number of rotatable bonds is 5. The molecule has 0 unspecified atom stereocenters. The Hall–Kier alpha value is -2.17. The number of nitrogens with one attached hydrogen (secondary N) is 1. The summed E-state index contributed by atoms with van der Waals surface area (Å²) in [5.41, 5.74) is 2.67. The Labute approximate surface area is 133 Å². The van der Waals surface area contributed by atoms with Crippen molar-refractivity contribution in [1.82, 2.24) is 14.9 Å². The molecule has 0 fully saturated rings. The van der Waals surface area contributed by atoms with Gasteiger partial charge in [-0.05, 0) is 29.8 Å². The first-order valence-electron chi connectivity index (χ1n) is 6.95. The molecule has 0 saturated heterocycles. The number of hydrogen-bond acceptors (Lipinski definition) is 2. The Morgan fingerprint density at radius 3 is 2.59 bits per heavy atom. The Morgan fingerprint density at radius 1 is 1.09 bits per heavy atom. The summed E-state index contributed by atoms with van der Waals surface area (Å²) in [5, 5.41) is 3.66. The zero-order chi connectivity index (χ0) is 15.4. The van der Waals surface area contributed by atoms with Crippen LogP contribution >= 0.6 is 11.6 Å². The highest BCUT2D eigenvalue weighted by molar-refractivity contribution is 6.31. The van der Waals surface area contributed by atoms with Crippen LogP contribution in [-0.4, -0.2) is 9.55 Å². The molecule has 0 radical (unpaired) electrons. The molecule has 2 aromatic carbocycles. The summed E-state index contributed by atoms with van der Waals surface area (Å²) in [7, 11) is 0. The maximum Gasteiger partial charge on any atom is 0.129 e. The van der Waals surface area contributed by atoms with Crippen LogP contribution in [0.3, 0.4) is 0 Å². The summed E-state index contributed by atoms with van der Waals surface area (Å²) in [6.45, 7) is 1.05. The quantitative estimate of drug-likeness (QED) is 0.772. The average molecular weight is 316 g/mol. The van der Waals surface area contributed by atoms with Gasteiger partial charge in [-0.2, -0.15) is 0 Å². The van der Waals surface area contributed by atoms with E-state index in [1.165, 1.54) is 6.07 Å². The molecule has 0 bridgehead atoms. The molecule has 0 amide bonds. The van der Waals surface area contributed by atoms with Crippen LogP contribution in [0.1, 0.15) is 11.1 Å². The van der Waals surface area contributed by atoms with Crippen LogP contribution in [-0.2, 0) is 13.1 Å². The fourth-order valence-electron chi connectivity index (χ4n) is 2.23. The fraction of sp³-hybridized carbons (Fsp3) is 0.118. The third kappa shape index (κ3) is 3.35. The minimum atomic E-state index is -0.282. The SMILES string of the molecule is Fc1cccc(Cl)c1CNCc1ccc(-n2ccnc2)cc1. The van der Waals surface area contributed by atoms with Crippen LogP contribution in [0.4, 0.5) is 4.39 Å². The molecule has 0 spiro atoms. The summed E-state index contributed by atoms with van der Waals surface area (Å²) < 4.78 is 15.6. The summed E-state index contributed by atoms with van der Waals surface area (Å²) in [5.74, 6) is -0.282. The zero-order valence-corrected chi connectivity index (χ0v) is 12.6. The van der Waals surface area contributed by atoms with Gasteiger partial charge < -0.3 is 9.88 Å². The maximum atomic E-state index is 13.7. The second-order valence-electron chi connectivity index (χ2n) is 4.94. The van der Waals surface area contributed by atoms with E-state index >= 15 is 0 Å². The molecule has 22 heavy (non-hydrogen) atoms. The third-order valence-electron chi connectivity index (χ3n) is 3.43. The van der Waals surface area contributed by atoms with Crippen molar-refractivity contribution in [2.45, 2.75) is 13.1 Å². The first-order chi connectivity index (χ1) is 10.7. The summed E-state index contributed by atoms with van der Waals surface area (Å²) in [4.78, 5) is 4.02. The number of aromatic nitrogens is 2. The molecule has 1 aromatic heterocycles. The van der Waals surface area contributed by atoms with E-state index in [0.29, 0.717) is 23.7 Å². The topological polar surface area (TPSA) is 29.9 Å². The van der Waals surface area contributed by atoms with Crippen LogP contribution < -0.4 is 5.32 Å². The molecular formula is C17H15ClFN3. The van der Waals surface area contributed by atoms with Crippen molar-refractivity contribution in [3.8, 4) is 5.69 Å². The molecule has 0 aliphatic rings. The summed E-state index contributed by atoms with van der Waals surface area (Å²) >= 11 is 6.00. The molecule has 3 nitrogen and oxygen atoms in total. The molecule has 3 rings (SSSR count). The Morgan fingerprint density at radius 2 is 1.91 bits per heavy atom. The van der Waals surface area contributed by atoms with Crippen LogP contribution in [0.15, 0.2) is 61.2 Å². The van der Waals surface area contributed by atoms with Crippen LogP contribution in [0.2, 0.25) is 5.02 Å². The van der Waals surface area contributed by atoms with E-state index in [1.807, 2.05) is 35.0 Å². The summed E-state index contributed by atoms with van der Waals surface area (Å²) in [6.07, 6.45) is 5.40. The van der Waals surface area contributed by atoms with Gasteiger partial charge in [-0.25, -0.2) is 9.37 Å². The zero-order valence-electron chi connectivity index (χ0n) is 11.8. The highest BCUT2D eigenvalue weighted by Crippen LogP contribution is 2.18. The van der Waals surface area contributed by atoms with Crippen molar-refractivity contribution >= 4 is 11.6 Å². The maximum absolute atomic E-state index is 13.7. The van der Waals surface area contributed by atoms with Gasteiger partial charge in [0.05, 0.1) is 6.33 Å². The molecule has 5 heteroatoms. The van der Waals surface area contributed by atoms with Gasteiger partial charge in [0.25, 0.3) is 0 Å². The van der Waals surface area contributed by atoms with Gasteiger partial charge in [-0.15, -0.1) is 0 Å². The normalized spacial score (nSPS) is 10.8. The Bertz CT molecular complexity index is 719. The van der Waals surface area contributed by atoms with Crippen molar-refractivity contribution in [1.29, 1.82) is 0 Å². The molecule has 0 saturated carbocycles. The van der Waals surface area contributed by atoms with Gasteiger partial charge in [-0.1, -0.05) is 29.8 Å². The first kappa shape index (κ1) is 14.8. The Kier molecular flexibility index (Phi) is 4.51. The molecule has 0 aliphatic carbocycles. The summed E-state index contributed by atoms with van der Waals surface area (Å²) in [6, 6.07) is 12.8. The molecule has 1 heterocycles. The molecule has 1 N–H and O–H groups in total. The van der Waals surface area contributed by atoms with Crippen molar-refractivity contribution in [3.63, 3.8) is 0 Å². The molecule has 112 valence electrons. The fourth-order valence-corrected chi connectivity index (χ4v) is 2.46. The molecule has 0 atom stereocenters. The van der Waals surface area contributed by atoms with Crippen molar-refractivity contribution < 1.29 is 4.39 Å². The number of imidazole rings is 1. The number of benzene rings is 2. The van der Waals surface area contributed by atoms with E-state index in [1.54, 1.807) is 24.7 Å². The van der Waals surface area contributed by atoms with E-state index < -0.39 is 0 Å². The monoisotopic (exact) mass is 315 g/mol. The highest BCUT2D eigenvalue weighted by atomic mass is 35.5.